The first-order valence-corrected chi connectivity index (χ1v) is 2.48. The second-order valence-electron chi connectivity index (χ2n) is 1.77. The van der Waals surface area contributed by atoms with E-state index in [9.17, 15) is 4.79 Å². The normalized spacial score (nSPS) is 9.44. The molecule has 0 aliphatic carbocycles. The van der Waals surface area contributed by atoms with Crippen molar-refractivity contribution in [3.8, 4) is 0 Å². The van der Waals surface area contributed by atoms with Crippen molar-refractivity contribution in [2.45, 2.75) is 6.92 Å². The smallest absolute Gasteiger partial charge is 0.339 e. The average molecular weight is 126 g/mol. The molecule has 3 heteroatoms. The topological polar surface area (TPSA) is 50.4 Å². The van der Waals surface area contributed by atoms with Gasteiger partial charge in [0.2, 0.25) is 0 Å². The highest BCUT2D eigenvalue weighted by Crippen LogP contribution is 2.07. The first-order chi connectivity index (χ1) is 4.22. The molecule has 0 spiro atoms. The molecular formula is C6H6O3. The molecule has 0 saturated carbocycles. The summed E-state index contributed by atoms with van der Waals surface area (Å²) in [5, 5.41) is 8.39. The molecule has 1 heterocycles. The molecule has 0 fully saturated rings. The minimum Gasteiger partial charge on any atom is -0.478 e. The van der Waals surface area contributed by atoms with E-state index in [4.69, 9.17) is 5.11 Å². The Kier molecular flexibility index (Phi) is 1.26. The van der Waals surface area contributed by atoms with Gasteiger partial charge >= 0.3 is 5.97 Å². The van der Waals surface area contributed by atoms with Crippen LogP contribution in [-0.2, 0) is 0 Å². The molecule has 0 bridgehead atoms. The third-order valence-electron chi connectivity index (χ3n) is 1.09. The van der Waals surface area contributed by atoms with Crippen molar-refractivity contribution in [3.63, 3.8) is 0 Å². The van der Waals surface area contributed by atoms with Gasteiger partial charge in [0.05, 0.1) is 6.26 Å². The predicted octanol–water partition coefficient (Wildman–Crippen LogP) is 1.29. The number of furan rings is 1. The van der Waals surface area contributed by atoms with Crippen LogP contribution in [0.4, 0.5) is 0 Å². The zero-order valence-electron chi connectivity index (χ0n) is 4.92. The molecule has 0 aromatic carbocycles. The molecule has 0 aliphatic heterocycles. The van der Waals surface area contributed by atoms with E-state index >= 15 is 0 Å². The van der Waals surface area contributed by atoms with E-state index in [1.54, 1.807) is 6.92 Å². The van der Waals surface area contributed by atoms with Crippen molar-refractivity contribution >= 4 is 5.97 Å². The summed E-state index contributed by atoms with van der Waals surface area (Å²) < 4.78 is 4.63. The third-order valence-corrected chi connectivity index (χ3v) is 1.09. The van der Waals surface area contributed by atoms with Gasteiger partial charge in [-0.2, -0.15) is 0 Å². The highest BCUT2D eigenvalue weighted by Gasteiger charge is 2.06. The average Bonchev–Trinajstić information content (AvgIpc) is 2.13. The summed E-state index contributed by atoms with van der Waals surface area (Å²) in [5.41, 5.74) is 0.887. The summed E-state index contributed by atoms with van der Waals surface area (Å²) >= 11 is 0. The molecule has 0 radical (unpaired) electrons. The molecule has 3 nitrogen and oxygen atoms in total. The van der Waals surface area contributed by atoms with Gasteiger partial charge < -0.3 is 9.52 Å². The molecule has 1 aromatic heterocycles. The van der Waals surface area contributed by atoms with Gasteiger partial charge in [-0.1, -0.05) is 0 Å². The van der Waals surface area contributed by atoms with Crippen molar-refractivity contribution < 1.29 is 14.3 Å². The molecule has 1 N–H and O–H groups in total. The van der Waals surface area contributed by atoms with Gasteiger partial charge in [0, 0.05) is 5.56 Å². The quantitative estimate of drug-likeness (QED) is 0.616. The van der Waals surface area contributed by atoms with Gasteiger partial charge in [0.25, 0.3) is 0 Å². The number of aryl methyl sites for hydroxylation is 1. The van der Waals surface area contributed by atoms with Crippen molar-refractivity contribution in [2.24, 2.45) is 0 Å². The van der Waals surface area contributed by atoms with E-state index in [2.05, 4.69) is 4.42 Å². The fraction of sp³-hybridized carbons (Fsp3) is 0.167. The van der Waals surface area contributed by atoms with Crippen molar-refractivity contribution in [1.29, 1.82) is 0 Å². The Bertz CT molecular complexity index is 224. The second-order valence-corrected chi connectivity index (χ2v) is 1.77. The highest BCUT2D eigenvalue weighted by atomic mass is 16.4. The number of hydrogen-bond donors (Lipinski definition) is 1. The van der Waals surface area contributed by atoms with Crippen LogP contribution in [-0.4, -0.2) is 11.1 Å². The van der Waals surface area contributed by atoms with E-state index in [0.29, 0.717) is 5.56 Å². The van der Waals surface area contributed by atoms with Crippen LogP contribution in [0.5, 0.6) is 0 Å². The Morgan fingerprint density at radius 2 is 2.33 bits per heavy atom. The molecule has 0 aliphatic rings. The van der Waals surface area contributed by atoms with E-state index in [0.717, 1.165) is 0 Å². The molecule has 1 rings (SSSR count). The van der Waals surface area contributed by atoms with Crippen molar-refractivity contribution in [2.75, 3.05) is 0 Å². The van der Waals surface area contributed by atoms with Gasteiger partial charge in [-0.3, -0.25) is 0 Å². The zero-order valence-corrected chi connectivity index (χ0v) is 4.92. The number of aromatic carboxylic acids is 1. The van der Waals surface area contributed by atoms with Gasteiger partial charge in [-0.25, -0.2) is 4.79 Å². The van der Waals surface area contributed by atoms with E-state index in [1.165, 1.54) is 12.5 Å². The molecule has 0 amide bonds. The Morgan fingerprint density at radius 3 is 2.56 bits per heavy atom. The number of carbonyl (C=O) groups is 1. The number of carboxylic acids is 1. The Morgan fingerprint density at radius 1 is 1.67 bits per heavy atom. The summed E-state index contributed by atoms with van der Waals surface area (Å²) in [6.45, 7) is 1.69. The summed E-state index contributed by atoms with van der Waals surface area (Å²) in [6, 6.07) is 0. The number of carboxylic acid groups (broad SMARTS) is 1. The molecule has 0 unspecified atom stereocenters. The molecule has 48 valence electrons. The maximum atomic E-state index is 10.2. The summed E-state index contributed by atoms with van der Waals surface area (Å²) in [5.74, 6) is -0.943. The van der Waals surface area contributed by atoms with Gasteiger partial charge in [-0.15, -0.1) is 0 Å². The predicted molar refractivity (Wildman–Crippen MR) is 30.4 cm³/mol. The monoisotopic (exact) mass is 126 g/mol. The van der Waals surface area contributed by atoms with Gasteiger partial charge in [0.15, 0.2) is 0 Å². The lowest BCUT2D eigenvalue weighted by atomic mass is 10.2. The summed E-state index contributed by atoms with van der Waals surface area (Å²) in [4.78, 5) is 10.2. The maximum absolute atomic E-state index is 10.2. The lowest BCUT2D eigenvalue weighted by molar-refractivity contribution is 0.0695. The lowest BCUT2D eigenvalue weighted by Gasteiger charge is -1.84. The highest BCUT2D eigenvalue weighted by molar-refractivity contribution is 5.88. The largest absolute Gasteiger partial charge is 0.478 e. The van der Waals surface area contributed by atoms with Crippen LogP contribution in [0.1, 0.15) is 15.9 Å². The maximum Gasteiger partial charge on any atom is 0.339 e. The van der Waals surface area contributed by atoms with E-state index in [1.807, 2.05) is 0 Å². The number of hydrogen-bond acceptors (Lipinski definition) is 2. The van der Waals surface area contributed by atoms with Crippen LogP contribution >= 0.6 is 0 Å². The first-order valence-electron chi connectivity index (χ1n) is 2.48. The van der Waals surface area contributed by atoms with Gasteiger partial charge in [-0.05, 0) is 6.92 Å². The standard InChI is InChI=1S/C6H6O3/c1-4-2-9-3-5(4)6(7)8/h2-3H,1H3,(H,7,8). The van der Waals surface area contributed by atoms with Crippen molar-refractivity contribution in [3.05, 3.63) is 23.7 Å². The molecular weight excluding hydrogens is 120 g/mol. The van der Waals surface area contributed by atoms with Crippen molar-refractivity contribution in [1.82, 2.24) is 0 Å². The molecule has 0 saturated heterocycles. The van der Waals surface area contributed by atoms with Crippen LogP contribution in [0, 0.1) is 6.92 Å². The summed E-state index contributed by atoms with van der Waals surface area (Å²) in [7, 11) is 0. The summed E-state index contributed by atoms with van der Waals surface area (Å²) in [6.07, 6.45) is 2.63. The first kappa shape index (κ1) is 5.88. The molecule has 1 aromatic rings. The van der Waals surface area contributed by atoms with E-state index in [-0.39, 0.29) is 5.56 Å². The second kappa shape index (κ2) is 1.93. The van der Waals surface area contributed by atoms with Crippen LogP contribution < -0.4 is 0 Å². The zero-order chi connectivity index (χ0) is 6.85. The minimum absolute atomic E-state index is 0.231. The third kappa shape index (κ3) is 0.937. The van der Waals surface area contributed by atoms with Crippen LogP contribution in [0.3, 0.4) is 0 Å². The van der Waals surface area contributed by atoms with Crippen LogP contribution in [0.2, 0.25) is 0 Å². The van der Waals surface area contributed by atoms with Crippen LogP contribution in [0.15, 0.2) is 16.9 Å². The Hall–Kier alpha value is -1.25. The minimum atomic E-state index is -0.943. The lowest BCUT2D eigenvalue weighted by Crippen LogP contribution is -1.94. The fourth-order valence-corrected chi connectivity index (χ4v) is 0.580. The molecule has 9 heavy (non-hydrogen) atoms. The molecule has 0 atom stereocenters. The fourth-order valence-electron chi connectivity index (χ4n) is 0.580. The Labute approximate surface area is 51.9 Å². The van der Waals surface area contributed by atoms with Crippen LogP contribution in [0.25, 0.3) is 0 Å². The van der Waals surface area contributed by atoms with E-state index < -0.39 is 5.97 Å². The van der Waals surface area contributed by atoms with Gasteiger partial charge in [0.1, 0.15) is 11.8 Å². The number of rotatable bonds is 1. The Balaban J connectivity index is 3.08. The SMILES string of the molecule is Cc1cocc1C(=O)O.